The van der Waals surface area contributed by atoms with Crippen molar-refractivity contribution in [3.05, 3.63) is 35.4 Å². The van der Waals surface area contributed by atoms with Crippen LogP contribution in [0.25, 0.3) is 0 Å². The standard InChI is InChI=1S/C14H22NO.HI/c1-11-8-6-7-9-13(11)14(10-12(2)16)15(3,4)5;/h6-9,14H,10H2,1-5H3;1H/q+1;/p-1. The van der Waals surface area contributed by atoms with Crippen LogP contribution in [0.3, 0.4) is 0 Å². The molecular weight excluding hydrogens is 325 g/mol. The zero-order valence-electron chi connectivity index (χ0n) is 11.3. The average molecular weight is 347 g/mol. The Morgan fingerprint density at radius 1 is 1.24 bits per heavy atom. The smallest absolute Gasteiger partial charge is 0.136 e. The van der Waals surface area contributed by atoms with Gasteiger partial charge < -0.3 is 28.5 Å². The number of rotatable bonds is 4. The van der Waals surface area contributed by atoms with Crippen LogP contribution < -0.4 is 24.0 Å². The third-order valence-corrected chi connectivity index (χ3v) is 2.96. The Labute approximate surface area is 122 Å². The Bertz CT molecular complexity index is 382. The zero-order chi connectivity index (χ0) is 12.3. The summed E-state index contributed by atoms with van der Waals surface area (Å²) < 4.78 is 0.782. The molecule has 0 spiro atoms. The van der Waals surface area contributed by atoms with Crippen LogP contribution in [0.5, 0.6) is 0 Å². The molecule has 3 heteroatoms. The maximum Gasteiger partial charge on any atom is 0.136 e. The lowest BCUT2D eigenvalue weighted by Gasteiger charge is -2.34. The summed E-state index contributed by atoms with van der Waals surface area (Å²) in [7, 11) is 6.42. The molecule has 0 aromatic heterocycles. The first kappa shape index (κ1) is 16.6. The number of nitrogens with zero attached hydrogens (tertiary/aromatic N) is 1. The van der Waals surface area contributed by atoms with Crippen molar-refractivity contribution in [1.29, 1.82) is 0 Å². The predicted molar refractivity (Wildman–Crippen MR) is 67.3 cm³/mol. The fraction of sp³-hybridized carbons (Fsp3) is 0.500. The topological polar surface area (TPSA) is 17.1 Å². The summed E-state index contributed by atoms with van der Waals surface area (Å²) in [6.45, 7) is 3.78. The predicted octanol–water partition coefficient (Wildman–Crippen LogP) is -0.275. The van der Waals surface area contributed by atoms with Crippen molar-refractivity contribution in [2.75, 3.05) is 21.1 Å². The average Bonchev–Trinajstić information content (AvgIpc) is 2.13. The van der Waals surface area contributed by atoms with Crippen molar-refractivity contribution >= 4 is 5.78 Å². The van der Waals surface area contributed by atoms with E-state index >= 15 is 0 Å². The van der Waals surface area contributed by atoms with Gasteiger partial charge in [0.15, 0.2) is 0 Å². The number of hydrogen-bond acceptors (Lipinski definition) is 1. The molecule has 1 aromatic rings. The van der Waals surface area contributed by atoms with Gasteiger partial charge in [0.2, 0.25) is 0 Å². The molecule has 0 amide bonds. The van der Waals surface area contributed by atoms with Gasteiger partial charge in [-0.25, -0.2) is 0 Å². The summed E-state index contributed by atoms with van der Waals surface area (Å²) in [4.78, 5) is 11.4. The second-order valence-electron chi connectivity index (χ2n) is 5.39. The van der Waals surface area contributed by atoms with Crippen molar-refractivity contribution < 1.29 is 33.3 Å². The molecule has 1 rings (SSSR count). The zero-order valence-corrected chi connectivity index (χ0v) is 13.5. The van der Waals surface area contributed by atoms with Crippen LogP contribution in [0.1, 0.15) is 30.5 Å². The van der Waals surface area contributed by atoms with Crippen LogP contribution in [0.4, 0.5) is 0 Å². The number of hydrogen-bond donors (Lipinski definition) is 0. The molecule has 0 aliphatic rings. The van der Waals surface area contributed by atoms with E-state index in [1.165, 1.54) is 11.1 Å². The van der Waals surface area contributed by atoms with E-state index in [0.717, 1.165) is 4.48 Å². The molecule has 1 atom stereocenters. The number of halogens is 1. The maximum absolute atomic E-state index is 11.4. The van der Waals surface area contributed by atoms with Gasteiger partial charge in [-0.05, 0) is 19.4 Å². The highest BCUT2D eigenvalue weighted by Gasteiger charge is 2.28. The summed E-state index contributed by atoms with van der Waals surface area (Å²) >= 11 is 0. The van der Waals surface area contributed by atoms with Gasteiger partial charge in [-0.2, -0.15) is 0 Å². The lowest BCUT2D eigenvalue weighted by molar-refractivity contribution is -0.901. The molecule has 0 bridgehead atoms. The maximum atomic E-state index is 11.4. The number of benzene rings is 1. The largest absolute Gasteiger partial charge is 1.00 e. The van der Waals surface area contributed by atoms with Crippen LogP contribution in [0.15, 0.2) is 24.3 Å². The lowest BCUT2D eigenvalue weighted by Crippen LogP contribution is -3.00. The van der Waals surface area contributed by atoms with Crippen LogP contribution in [-0.2, 0) is 4.79 Å². The molecule has 0 aliphatic heterocycles. The summed E-state index contributed by atoms with van der Waals surface area (Å²) in [6, 6.07) is 8.58. The van der Waals surface area contributed by atoms with Gasteiger partial charge in [-0.3, -0.25) is 4.79 Å². The van der Waals surface area contributed by atoms with Crippen LogP contribution in [-0.4, -0.2) is 31.4 Å². The number of ketones is 1. The fourth-order valence-electron chi connectivity index (χ4n) is 2.03. The Kier molecular flexibility index (Phi) is 6.34. The fourth-order valence-corrected chi connectivity index (χ4v) is 2.03. The minimum atomic E-state index is 0. The Morgan fingerprint density at radius 2 is 1.76 bits per heavy atom. The van der Waals surface area contributed by atoms with Crippen molar-refractivity contribution in [3.63, 3.8) is 0 Å². The molecule has 0 radical (unpaired) electrons. The molecule has 96 valence electrons. The van der Waals surface area contributed by atoms with Gasteiger partial charge in [0.1, 0.15) is 11.8 Å². The summed E-state index contributed by atoms with van der Waals surface area (Å²) in [5, 5.41) is 0. The van der Waals surface area contributed by atoms with Gasteiger partial charge in [0.05, 0.1) is 27.6 Å². The minimum absolute atomic E-state index is 0. The van der Waals surface area contributed by atoms with Crippen molar-refractivity contribution in [1.82, 2.24) is 0 Å². The highest BCUT2D eigenvalue weighted by molar-refractivity contribution is 5.76. The number of Topliss-reactive ketones (excluding diaryl/α,β-unsaturated/α-hetero) is 1. The molecule has 0 heterocycles. The Balaban J connectivity index is 0.00000256. The molecule has 0 saturated heterocycles. The molecule has 0 fully saturated rings. The molecular formula is C14H22INO. The second kappa shape index (κ2) is 6.50. The van der Waals surface area contributed by atoms with Crippen molar-refractivity contribution in [2.24, 2.45) is 0 Å². The third-order valence-electron chi connectivity index (χ3n) is 2.96. The van der Waals surface area contributed by atoms with E-state index in [-0.39, 0.29) is 35.8 Å². The summed E-state index contributed by atoms with van der Waals surface area (Å²) in [6.07, 6.45) is 0.606. The quantitative estimate of drug-likeness (QED) is 0.541. The van der Waals surface area contributed by atoms with Crippen LogP contribution in [0, 0.1) is 6.92 Å². The van der Waals surface area contributed by atoms with Gasteiger partial charge >= 0.3 is 0 Å². The molecule has 0 aliphatic carbocycles. The third kappa shape index (κ3) is 4.76. The first-order valence-corrected chi connectivity index (χ1v) is 5.68. The highest BCUT2D eigenvalue weighted by atomic mass is 127. The van der Waals surface area contributed by atoms with E-state index in [1.807, 2.05) is 12.1 Å². The molecule has 2 nitrogen and oxygen atoms in total. The van der Waals surface area contributed by atoms with E-state index in [0.29, 0.717) is 6.42 Å². The van der Waals surface area contributed by atoms with Gasteiger partial charge in [-0.1, -0.05) is 24.3 Å². The monoisotopic (exact) mass is 347 g/mol. The number of carbonyl (C=O) groups excluding carboxylic acids is 1. The van der Waals surface area contributed by atoms with Crippen LogP contribution >= 0.6 is 0 Å². The second-order valence-corrected chi connectivity index (χ2v) is 5.39. The van der Waals surface area contributed by atoms with Gasteiger partial charge in [0, 0.05) is 5.56 Å². The van der Waals surface area contributed by atoms with E-state index in [2.05, 4.69) is 40.2 Å². The highest BCUT2D eigenvalue weighted by Crippen LogP contribution is 2.29. The van der Waals surface area contributed by atoms with Crippen molar-refractivity contribution in [2.45, 2.75) is 26.3 Å². The minimum Gasteiger partial charge on any atom is -1.00 e. The molecule has 1 unspecified atom stereocenters. The van der Waals surface area contributed by atoms with E-state index in [4.69, 9.17) is 0 Å². The number of carbonyl (C=O) groups is 1. The van der Waals surface area contributed by atoms with E-state index < -0.39 is 0 Å². The number of quaternary nitrogens is 1. The van der Waals surface area contributed by atoms with Crippen molar-refractivity contribution in [3.8, 4) is 0 Å². The van der Waals surface area contributed by atoms with Crippen LogP contribution in [0.2, 0.25) is 0 Å². The molecule has 0 saturated carbocycles. The normalized spacial score (nSPS) is 12.8. The first-order chi connectivity index (χ1) is 7.32. The van der Waals surface area contributed by atoms with Gasteiger partial charge in [-0.15, -0.1) is 0 Å². The van der Waals surface area contributed by atoms with E-state index in [1.54, 1.807) is 6.92 Å². The van der Waals surface area contributed by atoms with E-state index in [9.17, 15) is 4.79 Å². The SMILES string of the molecule is CC(=O)CC(c1ccccc1C)[N+](C)(C)C.[I-]. The Hall–Kier alpha value is -0.420. The molecule has 1 aromatic carbocycles. The number of aryl methyl sites for hydroxylation is 1. The molecule has 0 N–H and O–H groups in total. The summed E-state index contributed by atoms with van der Waals surface area (Å²) in [5.41, 5.74) is 2.55. The lowest BCUT2D eigenvalue weighted by atomic mass is 9.95. The summed E-state index contributed by atoms with van der Waals surface area (Å²) in [5.74, 6) is 0.251. The Morgan fingerprint density at radius 3 is 2.18 bits per heavy atom. The molecule has 17 heavy (non-hydrogen) atoms. The first-order valence-electron chi connectivity index (χ1n) is 5.68. The van der Waals surface area contributed by atoms with Gasteiger partial charge in [0.25, 0.3) is 0 Å².